The minimum atomic E-state index is -3.55. The summed E-state index contributed by atoms with van der Waals surface area (Å²) in [5, 5.41) is 4.11. The van der Waals surface area contributed by atoms with E-state index in [1.165, 1.54) is 29.3 Å². The summed E-state index contributed by atoms with van der Waals surface area (Å²) >= 11 is 11.8. The molecule has 3 rings (SSSR count). The van der Waals surface area contributed by atoms with E-state index in [9.17, 15) is 13.2 Å². The van der Waals surface area contributed by atoms with Gasteiger partial charge in [0.15, 0.2) is 0 Å². The summed E-state index contributed by atoms with van der Waals surface area (Å²) < 4.78 is 33.0. The van der Waals surface area contributed by atoms with E-state index in [1.807, 2.05) is 6.07 Å². The number of hydrogen-bond donors (Lipinski definition) is 0. The van der Waals surface area contributed by atoms with Crippen LogP contribution in [0.4, 0.5) is 0 Å². The first-order valence-electron chi connectivity index (χ1n) is 8.57. The third kappa shape index (κ3) is 3.97. The van der Waals surface area contributed by atoms with Crippen LogP contribution < -0.4 is 5.56 Å². The quantitative estimate of drug-likeness (QED) is 0.681. The Hall–Kier alpha value is -1.45. The van der Waals surface area contributed by atoms with E-state index in [-0.39, 0.29) is 20.4 Å². The Kier molecular flexibility index (Phi) is 5.89. The van der Waals surface area contributed by atoms with Crippen LogP contribution in [0.3, 0.4) is 0 Å². The Morgan fingerprint density at radius 2 is 1.96 bits per heavy atom. The van der Waals surface area contributed by atoms with Gasteiger partial charge in [-0.3, -0.25) is 4.79 Å². The number of sulfonamides is 1. The molecule has 152 valence electrons. The fourth-order valence-electron chi connectivity index (χ4n) is 3.18. The lowest BCUT2D eigenvalue weighted by Crippen LogP contribution is -2.49. The van der Waals surface area contributed by atoms with Gasteiger partial charge in [0.25, 0.3) is 5.56 Å². The lowest BCUT2D eigenvalue weighted by molar-refractivity contribution is -0.123. The number of benzene rings is 1. The molecule has 1 aliphatic rings. The first-order chi connectivity index (χ1) is 13.1. The van der Waals surface area contributed by atoms with Crippen molar-refractivity contribution < 1.29 is 13.2 Å². The number of aromatic nitrogens is 2. The van der Waals surface area contributed by atoms with Crippen LogP contribution in [0, 0.1) is 12.3 Å². The standard InChI is InChI=1S/C18H21Cl2N3O4S/c1-12-4-5-13(6-15(12)28(25,26)22(2)3)7-18(10-27-11-18)9-23-17(24)16(20)14(19)8-21-23/h4-6,8H,7,9-11H2,1-3H3. The summed E-state index contributed by atoms with van der Waals surface area (Å²) in [5.74, 6) is 0. The molecule has 2 heterocycles. The van der Waals surface area contributed by atoms with Crippen LogP contribution in [-0.2, 0) is 27.7 Å². The van der Waals surface area contributed by atoms with Crippen molar-refractivity contribution in [2.45, 2.75) is 24.8 Å². The van der Waals surface area contributed by atoms with Crippen molar-refractivity contribution in [3.63, 3.8) is 0 Å². The van der Waals surface area contributed by atoms with E-state index >= 15 is 0 Å². The Morgan fingerprint density at radius 1 is 1.29 bits per heavy atom. The normalized spacial score (nSPS) is 16.2. The molecule has 7 nitrogen and oxygen atoms in total. The van der Waals surface area contributed by atoms with Gasteiger partial charge in [0, 0.05) is 19.5 Å². The molecule has 0 bridgehead atoms. The predicted octanol–water partition coefficient (Wildman–Crippen LogP) is 2.37. The highest BCUT2D eigenvalue weighted by Gasteiger charge is 2.40. The molecular weight excluding hydrogens is 425 g/mol. The van der Waals surface area contributed by atoms with Crippen LogP contribution in [0.15, 0.2) is 34.1 Å². The van der Waals surface area contributed by atoms with Crippen LogP contribution >= 0.6 is 23.2 Å². The van der Waals surface area contributed by atoms with Gasteiger partial charge in [-0.05, 0) is 30.5 Å². The Bertz CT molecular complexity index is 1060. The largest absolute Gasteiger partial charge is 0.380 e. The Morgan fingerprint density at radius 3 is 2.54 bits per heavy atom. The molecule has 0 radical (unpaired) electrons. The van der Waals surface area contributed by atoms with Gasteiger partial charge in [-0.1, -0.05) is 35.3 Å². The Labute approximate surface area is 173 Å². The smallest absolute Gasteiger partial charge is 0.287 e. The van der Waals surface area contributed by atoms with Gasteiger partial charge < -0.3 is 4.74 Å². The molecule has 0 N–H and O–H groups in total. The van der Waals surface area contributed by atoms with E-state index < -0.39 is 15.6 Å². The maximum atomic E-state index is 12.6. The van der Waals surface area contributed by atoms with Crippen LogP contribution in [0.1, 0.15) is 11.1 Å². The van der Waals surface area contributed by atoms with Gasteiger partial charge in [-0.15, -0.1) is 0 Å². The van der Waals surface area contributed by atoms with Gasteiger partial charge in [-0.25, -0.2) is 17.4 Å². The number of rotatable bonds is 6. The van der Waals surface area contributed by atoms with Crippen molar-refractivity contribution in [2.75, 3.05) is 27.3 Å². The zero-order valence-electron chi connectivity index (χ0n) is 15.8. The lowest BCUT2D eigenvalue weighted by Gasteiger charge is -2.41. The van der Waals surface area contributed by atoms with E-state index in [1.54, 1.807) is 19.1 Å². The van der Waals surface area contributed by atoms with Gasteiger partial charge in [0.05, 0.1) is 35.9 Å². The molecule has 10 heteroatoms. The van der Waals surface area contributed by atoms with E-state index in [0.717, 1.165) is 5.56 Å². The van der Waals surface area contributed by atoms with Crippen molar-refractivity contribution in [1.82, 2.24) is 14.1 Å². The van der Waals surface area contributed by atoms with Gasteiger partial charge in [0.1, 0.15) is 5.02 Å². The second kappa shape index (κ2) is 7.76. The molecule has 0 saturated carbocycles. The van der Waals surface area contributed by atoms with Crippen molar-refractivity contribution in [2.24, 2.45) is 5.41 Å². The molecule has 0 unspecified atom stereocenters. The maximum Gasteiger partial charge on any atom is 0.287 e. The monoisotopic (exact) mass is 445 g/mol. The van der Waals surface area contributed by atoms with Crippen LogP contribution in [-0.4, -0.2) is 49.8 Å². The molecule has 1 aromatic carbocycles. The van der Waals surface area contributed by atoms with Gasteiger partial charge in [-0.2, -0.15) is 5.10 Å². The molecular formula is C18H21Cl2N3O4S. The summed E-state index contributed by atoms with van der Waals surface area (Å²) in [5.41, 5.74) is 0.698. The van der Waals surface area contributed by atoms with Crippen molar-refractivity contribution in [1.29, 1.82) is 0 Å². The number of nitrogens with zero attached hydrogens (tertiary/aromatic N) is 3. The maximum absolute atomic E-state index is 12.6. The number of aryl methyl sites for hydroxylation is 1. The van der Waals surface area contributed by atoms with E-state index in [4.69, 9.17) is 27.9 Å². The van der Waals surface area contributed by atoms with E-state index in [0.29, 0.717) is 31.7 Å². The number of hydrogen-bond acceptors (Lipinski definition) is 5. The van der Waals surface area contributed by atoms with Crippen LogP contribution in [0.2, 0.25) is 10.0 Å². The highest BCUT2D eigenvalue weighted by molar-refractivity contribution is 7.89. The van der Waals surface area contributed by atoms with Crippen molar-refractivity contribution in [3.05, 3.63) is 55.9 Å². The first-order valence-corrected chi connectivity index (χ1v) is 10.8. The molecule has 0 aliphatic carbocycles. The average Bonchev–Trinajstić information content (AvgIpc) is 2.61. The van der Waals surface area contributed by atoms with Gasteiger partial charge in [0.2, 0.25) is 10.0 Å². The second-order valence-electron chi connectivity index (χ2n) is 7.33. The third-order valence-electron chi connectivity index (χ3n) is 4.83. The topological polar surface area (TPSA) is 81.5 Å². The first kappa shape index (κ1) is 21.3. The zero-order valence-corrected chi connectivity index (χ0v) is 18.1. The summed E-state index contributed by atoms with van der Waals surface area (Å²) in [6.07, 6.45) is 1.88. The molecule has 1 fully saturated rings. The highest BCUT2D eigenvalue weighted by Crippen LogP contribution is 2.34. The predicted molar refractivity (Wildman–Crippen MR) is 108 cm³/mol. The molecule has 28 heavy (non-hydrogen) atoms. The minimum absolute atomic E-state index is 0.0678. The van der Waals surface area contributed by atoms with Crippen molar-refractivity contribution in [3.8, 4) is 0 Å². The molecule has 1 saturated heterocycles. The number of halogens is 2. The van der Waals surface area contributed by atoms with Crippen LogP contribution in [0.25, 0.3) is 0 Å². The fourth-order valence-corrected chi connectivity index (χ4v) is 4.62. The zero-order chi connectivity index (χ0) is 20.7. The average molecular weight is 446 g/mol. The minimum Gasteiger partial charge on any atom is -0.380 e. The van der Waals surface area contributed by atoms with Crippen molar-refractivity contribution >= 4 is 33.2 Å². The lowest BCUT2D eigenvalue weighted by atomic mass is 9.79. The molecule has 0 amide bonds. The molecule has 2 aromatic rings. The summed E-state index contributed by atoms with van der Waals surface area (Å²) in [6.45, 7) is 2.93. The summed E-state index contributed by atoms with van der Waals surface area (Å²) in [6, 6.07) is 5.38. The third-order valence-corrected chi connectivity index (χ3v) is 7.54. The van der Waals surface area contributed by atoms with Gasteiger partial charge >= 0.3 is 0 Å². The van der Waals surface area contributed by atoms with Crippen LogP contribution in [0.5, 0.6) is 0 Å². The van der Waals surface area contributed by atoms with E-state index in [2.05, 4.69) is 5.10 Å². The highest BCUT2D eigenvalue weighted by atomic mass is 35.5. The Balaban J connectivity index is 1.92. The second-order valence-corrected chi connectivity index (χ2v) is 10.2. The number of ether oxygens (including phenoxy) is 1. The fraction of sp³-hybridized carbons (Fsp3) is 0.444. The summed E-state index contributed by atoms with van der Waals surface area (Å²) in [7, 11) is -0.538. The molecule has 1 aromatic heterocycles. The SMILES string of the molecule is Cc1ccc(CC2(Cn3ncc(Cl)c(Cl)c3=O)COC2)cc1S(=O)(=O)N(C)C. The summed E-state index contributed by atoms with van der Waals surface area (Å²) in [4.78, 5) is 12.6. The molecule has 1 aliphatic heterocycles. The molecule has 0 spiro atoms. The molecule has 0 atom stereocenters.